The summed E-state index contributed by atoms with van der Waals surface area (Å²) >= 11 is 16.9. The van der Waals surface area contributed by atoms with Gasteiger partial charge in [0.2, 0.25) is 5.91 Å². The maximum atomic E-state index is 12.0. The molecule has 1 amide bonds. The molecule has 2 rings (SSSR count). The van der Waals surface area contributed by atoms with Crippen LogP contribution in [0.5, 0.6) is 0 Å². The molecule has 0 aromatic heterocycles. The second-order valence-corrected chi connectivity index (χ2v) is 5.96. The highest BCUT2D eigenvalue weighted by molar-refractivity contribution is 7.80. The lowest BCUT2D eigenvalue weighted by Gasteiger charge is -2.11. The van der Waals surface area contributed by atoms with Crippen molar-refractivity contribution in [3.63, 3.8) is 0 Å². The summed E-state index contributed by atoms with van der Waals surface area (Å²) in [5, 5.41) is 6.64. The minimum Gasteiger partial charge on any atom is -0.332 e. The van der Waals surface area contributed by atoms with E-state index in [9.17, 15) is 4.79 Å². The van der Waals surface area contributed by atoms with Gasteiger partial charge in [-0.05, 0) is 48.5 Å². The number of carbonyl (C=O) groups excluding carboxylic acids is 1. The zero-order valence-electron chi connectivity index (χ0n) is 11.8. The summed E-state index contributed by atoms with van der Waals surface area (Å²) in [6, 6.07) is 12.8. The number of hydrogen-bond donors (Lipinski definition) is 2. The molecule has 6 heteroatoms. The summed E-state index contributed by atoms with van der Waals surface area (Å²) in [6.07, 6.45) is 0.274. The lowest BCUT2D eigenvalue weighted by Crippen LogP contribution is -2.35. The number of nitrogens with one attached hydrogen (secondary N) is 2. The zero-order valence-corrected chi connectivity index (χ0v) is 14.1. The quantitative estimate of drug-likeness (QED) is 0.806. The zero-order chi connectivity index (χ0) is 16.1. The molecule has 0 aliphatic heterocycles. The average molecular weight is 353 g/mol. The van der Waals surface area contributed by atoms with Crippen LogP contribution in [0.3, 0.4) is 0 Å². The first-order valence-electron chi connectivity index (χ1n) is 6.56. The first-order valence-corrected chi connectivity index (χ1v) is 7.72. The van der Waals surface area contributed by atoms with Gasteiger partial charge >= 0.3 is 0 Å². The topological polar surface area (TPSA) is 41.1 Å². The third-order valence-electron chi connectivity index (χ3n) is 3.04. The van der Waals surface area contributed by atoms with Gasteiger partial charge in [0, 0.05) is 5.69 Å². The van der Waals surface area contributed by atoms with Gasteiger partial charge in [0.15, 0.2) is 5.11 Å². The Morgan fingerprint density at radius 3 is 2.55 bits per heavy atom. The van der Waals surface area contributed by atoms with E-state index in [2.05, 4.69) is 10.6 Å². The van der Waals surface area contributed by atoms with Crippen molar-refractivity contribution >= 4 is 52.1 Å². The predicted molar refractivity (Wildman–Crippen MR) is 95.7 cm³/mol. The van der Waals surface area contributed by atoms with Crippen LogP contribution in [0, 0.1) is 6.92 Å². The molecule has 2 aromatic rings. The fourth-order valence-corrected chi connectivity index (χ4v) is 2.42. The van der Waals surface area contributed by atoms with E-state index in [0.717, 1.165) is 11.1 Å². The van der Waals surface area contributed by atoms with Crippen LogP contribution in [0.1, 0.15) is 11.1 Å². The molecule has 0 heterocycles. The van der Waals surface area contributed by atoms with E-state index in [1.807, 2.05) is 31.2 Å². The molecular weight excluding hydrogens is 339 g/mol. The summed E-state index contributed by atoms with van der Waals surface area (Å²) in [6.45, 7) is 1.97. The molecular formula is C16H14Cl2N2OS. The Morgan fingerprint density at radius 2 is 1.86 bits per heavy atom. The van der Waals surface area contributed by atoms with E-state index in [1.54, 1.807) is 18.2 Å². The van der Waals surface area contributed by atoms with Crippen LogP contribution in [0.25, 0.3) is 0 Å². The molecule has 2 N–H and O–H groups in total. The first kappa shape index (κ1) is 16.7. The molecule has 2 aromatic carbocycles. The van der Waals surface area contributed by atoms with Crippen LogP contribution in [-0.4, -0.2) is 11.0 Å². The highest BCUT2D eigenvalue weighted by atomic mass is 35.5. The van der Waals surface area contributed by atoms with Gasteiger partial charge in [0.05, 0.1) is 16.5 Å². The molecule has 0 aliphatic rings. The molecule has 0 aliphatic carbocycles. The highest BCUT2D eigenvalue weighted by Crippen LogP contribution is 2.24. The molecule has 114 valence electrons. The Morgan fingerprint density at radius 1 is 1.14 bits per heavy atom. The Kier molecular flexibility index (Phi) is 5.77. The molecule has 0 spiro atoms. The van der Waals surface area contributed by atoms with E-state index in [0.29, 0.717) is 15.7 Å². The van der Waals surface area contributed by atoms with Crippen molar-refractivity contribution in [2.75, 3.05) is 5.32 Å². The summed E-state index contributed by atoms with van der Waals surface area (Å²) in [4.78, 5) is 12.0. The van der Waals surface area contributed by atoms with E-state index in [4.69, 9.17) is 35.4 Å². The van der Waals surface area contributed by atoms with Gasteiger partial charge < -0.3 is 10.6 Å². The summed E-state index contributed by atoms with van der Waals surface area (Å²) < 4.78 is 0. The number of benzene rings is 2. The van der Waals surface area contributed by atoms with Gasteiger partial charge in [-0.15, -0.1) is 0 Å². The third-order valence-corrected chi connectivity index (χ3v) is 3.99. The van der Waals surface area contributed by atoms with Crippen molar-refractivity contribution in [3.05, 3.63) is 63.6 Å². The van der Waals surface area contributed by atoms with E-state index < -0.39 is 0 Å². The molecule has 0 atom stereocenters. The number of anilines is 1. The molecule has 3 nitrogen and oxygen atoms in total. The Hall–Kier alpha value is -1.62. The van der Waals surface area contributed by atoms with Crippen LogP contribution in [0.15, 0.2) is 42.5 Å². The fraction of sp³-hybridized carbons (Fsp3) is 0.125. The number of halogens is 2. The van der Waals surface area contributed by atoms with Crippen molar-refractivity contribution in [1.82, 2.24) is 5.32 Å². The van der Waals surface area contributed by atoms with E-state index in [1.165, 1.54) is 0 Å². The second kappa shape index (κ2) is 7.58. The van der Waals surface area contributed by atoms with Crippen LogP contribution in [0.2, 0.25) is 10.0 Å². The van der Waals surface area contributed by atoms with Crippen molar-refractivity contribution < 1.29 is 4.79 Å². The number of hydrogen-bond acceptors (Lipinski definition) is 2. The molecule has 22 heavy (non-hydrogen) atoms. The number of thiocarbonyl (C=S) groups is 1. The fourth-order valence-electron chi connectivity index (χ4n) is 1.89. The van der Waals surface area contributed by atoms with Gasteiger partial charge in [0.1, 0.15) is 0 Å². The Balaban J connectivity index is 1.92. The maximum absolute atomic E-state index is 12.0. The summed E-state index contributed by atoms with van der Waals surface area (Å²) in [5.74, 6) is -0.174. The Labute approximate surface area is 144 Å². The lowest BCUT2D eigenvalue weighted by molar-refractivity contribution is -0.119. The molecule has 0 radical (unpaired) electrons. The van der Waals surface area contributed by atoms with Crippen molar-refractivity contribution in [1.29, 1.82) is 0 Å². The van der Waals surface area contributed by atoms with Gasteiger partial charge in [-0.2, -0.15) is 0 Å². The highest BCUT2D eigenvalue weighted by Gasteiger charge is 2.08. The number of amides is 1. The summed E-state index contributed by atoms with van der Waals surface area (Å²) in [5.41, 5.74) is 2.70. The van der Waals surface area contributed by atoms with E-state index in [-0.39, 0.29) is 17.4 Å². The van der Waals surface area contributed by atoms with Crippen molar-refractivity contribution in [2.24, 2.45) is 0 Å². The lowest BCUT2D eigenvalue weighted by atomic mass is 10.1. The maximum Gasteiger partial charge on any atom is 0.230 e. The Bertz CT molecular complexity index is 719. The molecule has 0 saturated heterocycles. The monoisotopic (exact) mass is 352 g/mol. The van der Waals surface area contributed by atoms with Gasteiger partial charge in [-0.3, -0.25) is 4.79 Å². The number of rotatable bonds is 3. The van der Waals surface area contributed by atoms with Gasteiger partial charge in [0.25, 0.3) is 0 Å². The minimum atomic E-state index is -0.174. The minimum absolute atomic E-state index is 0.174. The second-order valence-electron chi connectivity index (χ2n) is 4.73. The van der Waals surface area contributed by atoms with Crippen LogP contribution >= 0.6 is 35.4 Å². The van der Waals surface area contributed by atoms with E-state index >= 15 is 0 Å². The number of aryl methyl sites for hydroxylation is 1. The molecule has 0 unspecified atom stereocenters. The average Bonchev–Trinajstić information content (AvgIpc) is 2.45. The smallest absolute Gasteiger partial charge is 0.230 e. The van der Waals surface area contributed by atoms with Crippen LogP contribution < -0.4 is 10.6 Å². The normalized spacial score (nSPS) is 10.1. The first-order chi connectivity index (χ1) is 10.5. The third kappa shape index (κ3) is 4.70. The van der Waals surface area contributed by atoms with Crippen LogP contribution in [0.4, 0.5) is 5.69 Å². The number of carbonyl (C=O) groups is 1. The standard InChI is InChI=1S/C16H14Cl2N2OS/c1-10-4-2-3-5-11(10)8-15(21)20-16(22)19-12-6-7-13(17)14(18)9-12/h2-7,9H,8H2,1H3,(H2,19,20,21,22). The van der Waals surface area contributed by atoms with Crippen LogP contribution in [-0.2, 0) is 11.2 Å². The summed E-state index contributed by atoms with van der Waals surface area (Å²) in [7, 11) is 0. The SMILES string of the molecule is Cc1ccccc1CC(=O)NC(=S)Nc1ccc(Cl)c(Cl)c1. The predicted octanol–water partition coefficient (Wildman–Crippen LogP) is 4.36. The van der Waals surface area contributed by atoms with Gasteiger partial charge in [-0.1, -0.05) is 47.5 Å². The van der Waals surface area contributed by atoms with Crippen molar-refractivity contribution in [3.8, 4) is 0 Å². The molecule has 0 saturated carbocycles. The van der Waals surface area contributed by atoms with Gasteiger partial charge in [-0.25, -0.2) is 0 Å². The molecule has 0 fully saturated rings. The molecule has 0 bridgehead atoms. The van der Waals surface area contributed by atoms with Crippen molar-refractivity contribution in [2.45, 2.75) is 13.3 Å². The largest absolute Gasteiger partial charge is 0.332 e.